The Morgan fingerprint density at radius 2 is 2.00 bits per heavy atom. The summed E-state index contributed by atoms with van der Waals surface area (Å²) < 4.78 is 6.72. The van der Waals surface area contributed by atoms with Crippen LogP contribution in [0, 0.1) is 5.41 Å². The number of hydrogen-bond donors (Lipinski definition) is 5. The number of nitrogens with two attached hydrogens (primary N) is 1. The number of nitrogens with zero attached hydrogens (tertiary/aromatic N) is 4. The Bertz CT molecular complexity index is 1380. The van der Waals surface area contributed by atoms with Crippen LogP contribution in [-0.2, 0) is 0 Å². The van der Waals surface area contributed by atoms with Crippen molar-refractivity contribution in [2.75, 3.05) is 18.5 Å². The van der Waals surface area contributed by atoms with Gasteiger partial charge in [-0.1, -0.05) is 12.7 Å². The first kappa shape index (κ1) is 23.4. The fourth-order valence-corrected chi connectivity index (χ4v) is 3.41. The number of rotatable bonds is 10. The highest BCUT2D eigenvalue weighted by molar-refractivity contribution is 5.95. The Balaban J connectivity index is 1.79. The molecule has 11 nitrogen and oxygen atoms in total. The van der Waals surface area contributed by atoms with Crippen LogP contribution in [0.4, 0.5) is 5.69 Å². The number of H-pyrrole nitrogens is 1. The van der Waals surface area contributed by atoms with E-state index in [1.807, 2.05) is 6.07 Å². The van der Waals surface area contributed by atoms with Gasteiger partial charge in [-0.2, -0.15) is 0 Å². The average molecular weight is 473 g/mol. The molecule has 11 heteroatoms. The Hall–Kier alpha value is -4.77. The van der Waals surface area contributed by atoms with E-state index in [9.17, 15) is 4.79 Å². The summed E-state index contributed by atoms with van der Waals surface area (Å²) in [5.41, 5.74) is 7.86. The summed E-state index contributed by atoms with van der Waals surface area (Å²) >= 11 is 0. The molecule has 0 fully saturated rings. The monoisotopic (exact) mass is 472 g/mol. The Morgan fingerprint density at radius 3 is 2.66 bits per heavy atom. The smallest absolute Gasteiger partial charge is 0.350 e. The number of benzene rings is 2. The van der Waals surface area contributed by atoms with Crippen LogP contribution in [0.1, 0.15) is 28.6 Å². The van der Waals surface area contributed by atoms with Crippen LogP contribution < -0.4 is 21.5 Å². The van der Waals surface area contributed by atoms with E-state index >= 15 is 0 Å². The normalized spacial score (nSPS) is 11.6. The number of amidine groups is 1. The first-order valence-electron chi connectivity index (χ1n) is 10.7. The Kier molecular flexibility index (Phi) is 6.98. The molecule has 0 aliphatic carbocycles. The van der Waals surface area contributed by atoms with Gasteiger partial charge in [-0.05, 0) is 59.7 Å². The largest absolute Gasteiger partial charge is 0.491 e. The number of nitrogen functional groups attached to an aromatic ring is 1. The van der Waals surface area contributed by atoms with E-state index < -0.39 is 11.7 Å². The number of aromatic amines is 1. The molecule has 1 atom stereocenters. The third-order valence-corrected chi connectivity index (χ3v) is 5.04. The summed E-state index contributed by atoms with van der Waals surface area (Å²) in [5.74, 6) is 0.936. The van der Waals surface area contributed by atoms with Crippen molar-refractivity contribution < 1.29 is 9.84 Å². The van der Waals surface area contributed by atoms with Crippen molar-refractivity contribution >= 4 is 17.6 Å². The van der Waals surface area contributed by atoms with Crippen molar-refractivity contribution in [1.29, 1.82) is 5.41 Å². The third-order valence-electron chi connectivity index (χ3n) is 5.04. The molecule has 2 heterocycles. The minimum atomic E-state index is -0.618. The molecule has 0 unspecified atom stereocenters. The SMILES string of the molecule is C=Cc1cc(OCCO)cc([C@H](Nc2ccc(C(=N)N)cc2)c2nn(-c3ncccn3)c(=O)[nH]2)c1. The summed E-state index contributed by atoms with van der Waals surface area (Å²) in [5, 5.41) is 24.6. The molecular formula is C24H24N8O3. The van der Waals surface area contributed by atoms with Crippen molar-refractivity contribution in [2.45, 2.75) is 6.04 Å². The number of hydrogen-bond acceptors (Lipinski definition) is 8. The molecule has 35 heavy (non-hydrogen) atoms. The molecule has 0 bridgehead atoms. The van der Waals surface area contributed by atoms with E-state index in [4.69, 9.17) is 21.0 Å². The van der Waals surface area contributed by atoms with Crippen LogP contribution in [0.2, 0.25) is 0 Å². The predicted molar refractivity (Wildman–Crippen MR) is 132 cm³/mol. The van der Waals surface area contributed by atoms with E-state index in [2.05, 4.69) is 31.9 Å². The Labute approximate surface area is 200 Å². The highest BCUT2D eigenvalue weighted by Gasteiger charge is 2.22. The number of ether oxygens (including phenoxy) is 1. The lowest BCUT2D eigenvalue weighted by Gasteiger charge is -2.20. The Morgan fingerprint density at radius 1 is 1.26 bits per heavy atom. The van der Waals surface area contributed by atoms with Crippen molar-refractivity contribution in [3.05, 3.63) is 101 Å². The van der Waals surface area contributed by atoms with Gasteiger partial charge in [0.05, 0.1) is 6.61 Å². The van der Waals surface area contributed by atoms with Gasteiger partial charge in [0, 0.05) is 23.6 Å². The molecule has 2 aromatic carbocycles. The fraction of sp³-hybridized carbons (Fsp3) is 0.125. The van der Waals surface area contributed by atoms with Crippen molar-refractivity contribution in [3.8, 4) is 11.7 Å². The van der Waals surface area contributed by atoms with E-state index in [1.54, 1.807) is 48.5 Å². The lowest BCUT2D eigenvalue weighted by atomic mass is 10.0. The summed E-state index contributed by atoms with van der Waals surface area (Å²) in [7, 11) is 0. The van der Waals surface area contributed by atoms with Crippen molar-refractivity contribution in [2.24, 2.45) is 5.73 Å². The first-order chi connectivity index (χ1) is 17.0. The zero-order chi connectivity index (χ0) is 24.8. The van der Waals surface area contributed by atoms with Crippen LogP contribution in [0.15, 0.2) is 72.3 Å². The van der Waals surface area contributed by atoms with Gasteiger partial charge >= 0.3 is 5.69 Å². The summed E-state index contributed by atoms with van der Waals surface area (Å²) in [6.45, 7) is 3.84. The summed E-state index contributed by atoms with van der Waals surface area (Å²) in [4.78, 5) is 23.7. The van der Waals surface area contributed by atoms with Gasteiger partial charge in [0.15, 0.2) is 5.82 Å². The molecule has 0 radical (unpaired) electrons. The van der Waals surface area contributed by atoms with E-state index in [1.165, 1.54) is 12.4 Å². The maximum Gasteiger partial charge on any atom is 0.350 e. The molecular weight excluding hydrogens is 448 g/mol. The summed E-state index contributed by atoms with van der Waals surface area (Å²) in [6.07, 6.45) is 4.72. The van der Waals surface area contributed by atoms with Crippen LogP contribution in [-0.4, -0.2) is 48.9 Å². The average Bonchev–Trinajstić information content (AvgIpc) is 3.27. The number of aromatic nitrogens is 5. The molecule has 0 saturated heterocycles. The van der Waals surface area contributed by atoms with Crippen LogP contribution in [0.5, 0.6) is 5.75 Å². The zero-order valence-corrected chi connectivity index (χ0v) is 18.7. The molecule has 0 aliphatic rings. The maximum absolute atomic E-state index is 12.7. The zero-order valence-electron chi connectivity index (χ0n) is 18.7. The maximum atomic E-state index is 12.7. The van der Waals surface area contributed by atoms with Crippen LogP contribution in [0.3, 0.4) is 0 Å². The second kappa shape index (κ2) is 10.4. The van der Waals surface area contributed by atoms with E-state index in [0.717, 1.165) is 15.8 Å². The topological polar surface area (TPSA) is 168 Å². The second-order valence-electron chi connectivity index (χ2n) is 7.46. The number of aliphatic hydroxyl groups excluding tert-OH is 1. The lowest BCUT2D eigenvalue weighted by Crippen LogP contribution is -2.18. The fourth-order valence-electron chi connectivity index (χ4n) is 3.41. The van der Waals surface area contributed by atoms with Gasteiger partial charge in [0.25, 0.3) is 5.95 Å². The molecule has 0 amide bonds. The molecule has 4 aromatic rings. The molecule has 0 saturated carbocycles. The molecule has 6 N–H and O–H groups in total. The summed E-state index contributed by atoms with van der Waals surface area (Å²) in [6, 6.07) is 13.5. The van der Waals surface area contributed by atoms with Crippen molar-refractivity contribution in [3.63, 3.8) is 0 Å². The molecule has 2 aromatic heterocycles. The van der Waals surface area contributed by atoms with Gasteiger partial charge in [0.1, 0.15) is 24.2 Å². The highest BCUT2D eigenvalue weighted by Crippen LogP contribution is 2.29. The van der Waals surface area contributed by atoms with Gasteiger partial charge in [0.2, 0.25) is 0 Å². The number of nitrogens with one attached hydrogen (secondary N) is 3. The van der Waals surface area contributed by atoms with E-state index in [-0.39, 0.29) is 25.0 Å². The number of anilines is 1. The van der Waals surface area contributed by atoms with Crippen molar-refractivity contribution in [1.82, 2.24) is 24.7 Å². The number of aliphatic hydroxyl groups is 1. The van der Waals surface area contributed by atoms with Crippen LogP contribution in [0.25, 0.3) is 12.0 Å². The predicted octanol–water partition coefficient (Wildman–Crippen LogP) is 1.85. The molecule has 0 spiro atoms. The minimum absolute atomic E-state index is 0.0385. The second-order valence-corrected chi connectivity index (χ2v) is 7.46. The first-order valence-corrected chi connectivity index (χ1v) is 10.7. The quantitative estimate of drug-likeness (QED) is 0.172. The molecule has 0 aliphatic heterocycles. The molecule has 4 rings (SSSR count). The van der Waals surface area contributed by atoms with Gasteiger partial charge in [-0.15, -0.1) is 9.78 Å². The van der Waals surface area contributed by atoms with Gasteiger partial charge < -0.3 is 20.9 Å². The van der Waals surface area contributed by atoms with Crippen LogP contribution >= 0.6 is 0 Å². The highest BCUT2D eigenvalue weighted by atomic mass is 16.5. The minimum Gasteiger partial charge on any atom is -0.491 e. The van der Waals surface area contributed by atoms with Gasteiger partial charge in [-0.3, -0.25) is 10.4 Å². The van der Waals surface area contributed by atoms with E-state index in [0.29, 0.717) is 22.8 Å². The molecule has 178 valence electrons. The lowest BCUT2D eigenvalue weighted by molar-refractivity contribution is 0.201. The third kappa shape index (κ3) is 5.42. The van der Waals surface area contributed by atoms with Gasteiger partial charge in [-0.25, -0.2) is 14.8 Å². The standard InChI is InChI=1S/C24H24N8O3/c1-2-15-12-17(14-19(13-15)35-11-10-33)20(29-18-6-4-16(5-7-18)21(25)26)22-30-24(34)32(31-22)23-27-8-3-9-28-23/h2-9,12-14,20,29,33H,1,10-11H2,(H3,25,26)(H,30,31,34)/t20-/m0/s1.